The summed E-state index contributed by atoms with van der Waals surface area (Å²) < 4.78 is 47.1. The summed E-state index contributed by atoms with van der Waals surface area (Å²) in [6, 6.07) is 20.7. The maximum absolute atomic E-state index is 11.2. The third kappa shape index (κ3) is 10.8. The fourth-order valence-corrected chi connectivity index (χ4v) is 4.64. The number of nitrogens with two attached hydrogens (primary N) is 1. The normalized spacial score (nSPS) is 17.6. The lowest BCUT2D eigenvalue weighted by molar-refractivity contribution is 0.298. The summed E-state index contributed by atoms with van der Waals surface area (Å²) in [5, 5.41) is 3.29. The van der Waals surface area contributed by atoms with Crippen molar-refractivity contribution in [2.24, 2.45) is 23.3 Å². The van der Waals surface area contributed by atoms with Crippen molar-refractivity contribution in [1.29, 1.82) is 0 Å². The molecule has 2 aliphatic rings. The van der Waals surface area contributed by atoms with Crippen LogP contribution in [0.25, 0.3) is 0 Å². The van der Waals surface area contributed by atoms with Crippen LogP contribution in [-0.4, -0.2) is 45.0 Å². The molecule has 0 saturated heterocycles. The first-order valence-electron chi connectivity index (χ1n) is 12.9. The van der Waals surface area contributed by atoms with E-state index in [1.54, 1.807) is 0 Å². The molecule has 2 aliphatic heterocycles. The molecule has 0 spiro atoms. The van der Waals surface area contributed by atoms with Gasteiger partial charge in [0.15, 0.2) is 5.84 Å². The van der Waals surface area contributed by atoms with Crippen molar-refractivity contribution < 1.29 is 17.9 Å². The lowest BCUT2D eigenvalue weighted by atomic mass is 10.0. The Hall–Kier alpha value is -3.22. The summed E-state index contributed by atoms with van der Waals surface area (Å²) in [6.45, 7) is 10.6. The molecule has 39 heavy (non-hydrogen) atoms. The highest BCUT2D eigenvalue weighted by Gasteiger charge is 2.21. The van der Waals surface area contributed by atoms with Gasteiger partial charge >= 0.3 is 0 Å². The molecule has 4 rings (SSSR count). The molecular formula is C27H38N6O4S2. The zero-order chi connectivity index (χ0) is 28.6. The minimum absolute atomic E-state index is 0.176. The van der Waals surface area contributed by atoms with Crippen LogP contribution in [0.3, 0.4) is 0 Å². The summed E-state index contributed by atoms with van der Waals surface area (Å²) in [4.78, 5) is 0. The third-order valence-corrected chi connectivity index (χ3v) is 6.80. The van der Waals surface area contributed by atoms with Crippen molar-refractivity contribution in [3.8, 4) is 0 Å². The number of ether oxygens (including phenoxy) is 2. The van der Waals surface area contributed by atoms with E-state index in [9.17, 15) is 8.42 Å². The molecule has 0 saturated carbocycles. The molecule has 1 unspecified atom stereocenters. The van der Waals surface area contributed by atoms with E-state index in [0.717, 1.165) is 12.8 Å². The van der Waals surface area contributed by atoms with E-state index in [1.807, 2.05) is 57.2 Å². The average Bonchev–Trinajstić information content (AvgIpc) is 3.47. The minimum Gasteiger partial charge on any atom is -0.474 e. The number of hydrogen-bond acceptors (Lipinski definition) is 6. The van der Waals surface area contributed by atoms with E-state index >= 15 is 0 Å². The van der Waals surface area contributed by atoms with Gasteiger partial charge in [0, 0.05) is 6.04 Å². The molecular weight excluding hydrogens is 536 g/mol. The van der Waals surface area contributed by atoms with E-state index < -0.39 is 22.3 Å². The number of hydrogen-bond donors (Lipinski definition) is 2. The van der Waals surface area contributed by atoms with Crippen LogP contribution in [0.4, 0.5) is 0 Å². The van der Waals surface area contributed by atoms with Crippen molar-refractivity contribution >= 4 is 45.7 Å². The molecule has 2 aromatic rings. The quantitative estimate of drug-likeness (QED) is 0.490. The van der Waals surface area contributed by atoms with Gasteiger partial charge in [0.25, 0.3) is 34.1 Å². The first kappa shape index (κ1) is 32.0. The summed E-state index contributed by atoms with van der Waals surface area (Å²) in [5.74, 6) is 1.11. The molecule has 2 heterocycles. The molecule has 2 aromatic carbocycles. The molecule has 0 fully saturated rings. The zero-order valence-corrected chi connectivity index (χ0v) is 24.7. The Labute approximate surface area is 236 Å². The van der Waals surface area contributed by atoms with Crippen LogP contribution in [0.1, 0.15) is 70.7 Å². The lowest BCUT2D eigenvalue weighted by Crippen LogP contribution is -2.31. The standard InChI is InChI=1S/C12H15N3OS.C9H13N.C6H10N2O3S/c1-3-11(10-7-5-4-6-8-10)13-12-9(2)14-17(16)15-12;1-2-9(10)8-6-4-3-5-7-8;1-3-10-5-6(11-4-2)8-12(9)7-5/h4-8,11H,3H2,1-2H3,(H,13,15);3-7,9H,2,10H2,1H3;3-4H2,1-2H3/t11-,17?;9-;/m11./s1. The summed E-state index contributed by atoms with van der Waals surface area (Å²) >= 11 is -3.00. The molecule has 10 nitrogen and oxygen atoms in total. The van der Waals surface area contributed by atoms with Crippen molar-refractivity contribution in [3.63, 3.8) is 0 Å². The number of amidine groups is 1. The fraction of sp³-hybridized carbons (Fsp3) is 0.407. The van der Waals surface area contributed by atoms with E-state index in [0.29, 0.717) is 24.8 Å². The van der Waals surface area contributed by atoms with Gasteiger partial charge in [-0.3, -0.25) is 0 Å². The summed E-state index contributed by atoms with van der Waals surface area (Å²) in [5.41, 5.74) is 8.92. The van der Waals surface area contributed by atoms with Crippen molar-refractivity contribution in [2.75, 3.05) is 13.2 Å². The van der Waals surface area contributed by atoms with Crippen molar-refractivity contribution in [3.05, 3.63) is 71.8 Å². The largest absolute Gasteiger partial charge is 0.474 e. The highest BCUT2D eigenvalue weighted by Crippen LogP contribution is 2.17. The molecule has 0 bridgehead atoms. The van der Waals surface area contributed by atoms with Gasteiger partial charge in [0.2, 0.25) is 0 Å². The van der Waals surface area contributed by atoms with Gasteiger partial charge < -0.3 is 20.5 Å². The van der Waals surface area contributed by atoms with Crippen LogP contribution in [0.2, 0.25) is 0 Å². The molecule has 212 valence electrons. The second-order valence-electron chi connectivity index (χ2n) is 8.18. The second kappa shape index (κ2) is 17.4. The van der Waals surface area contributed by atoms with Crippen LogP contribution < -0.4 is 11.1 Å². The second-order valence-corrected chi connectivity index (χ2v) is 9.83. The summed E-state index contributed by atoms with van der Waals surface area (Å²) in [7, 11) is 0. The molecule has 0 amide bonds. The SMILES string of the molecule is CCOC1=NS(=O)N=C1OCC.CC[C@@H](N)c1ccccc1.CC[C@@H](NC1=NS(=O)N=C1C)c1ccccc1. The Bertz CT molecular complexity index is 1180. The van der Waals surface area contributed by atoms with E-state index in [4.69, 9.17) is 15.2 Å². The Balaban J connectivity index is 0.000000214. The van der Waals surface area contributed by atoms with Crippen molar-refractivity contribution in [2.45, 2.75) is 59.5 Å². The minimum atomic E-state index is -1.56. The van der Waals surface area contributed by atoms with Gasteiger partial charge in [-0.25, -0.2) is 8.42 Å². The van der Waals surface area contributed by atoms with Crippen LogP contribution in [-0.2, 0) is 31.8 Å². The van der Waals surface area contributed by atoms with Crippen LogP contribution >= 0.6 is 0 Å². The van der Waals surface area contributed by atoms with Crippen molar-refractivity contribution in [1.82, 2.24) is 5.32 Å². The molecule has 3 atom stereocenters. The molecule has 3 N–H and O–H groups in total. The molecule has 12 heteroatoms. The predicted molar refractivity (Wildman–Crippen MR) is 161 cm³/mol. The van der Waals surface area contributed by atoms with Gasteiger partial charge in [-0.15, -0.1) is 13.2 Å². The van der Waals surface area contributed by atoms with Gasteiger partial charge in [0.05, 0.1) is 25.0 Å². The van der Waals surface area contributed by atoms with Gasteiger partial charge in [-0.1, -0.05) is 74.5 Å². The Morgan fingerprint density at radius 2 is 1.23 bits per heavy atom. The fourth-order valence-electron chi connectivity index (χ4n) is 3.35. The topological polar surface area (TPSA) is 140 Å². The highest BCUT2D eigenvalue weighted by molar-refractivity contribution is 7.83. The van der Waals surface area contributed by atoms with Gasteiger partial charge in [-0.2, -0.15) is 4.40 Å². The summed E-state index contributed by atoms with van der Waals surface area (Å²) in [6.07, 6.45) is 1.94. The van der Waals surface area contributed by atoms with E-state index in [-0.39, 0.29) is 23.9 Å². The Morgan fingerprint density at radius 3 is 1.64 bits per heavy atom. The van der Waals surface area contributed by atoms with Gasteiger partial charge in [0.1, 0.15) is 0 Å². The first-order valence-corrected chi connectivity index (χ1v) is 15.0. The Morgan fingerprint density at radius 1 is 0.744 bits per heavy atom. The lowest BCUT2D eigenvalue weighted by Gasteiger charge is -2.18. The number of nitrogens with zero attached hydrogens (tertiary/aromatic N) is 4. The first-order chi connectivity index (χ1) is 18.8. The van der Waals surface area contributed by atoms with E-state index in [2.05, 4.69) is 61.0 Å². The van der Waals surface area contributed by atoms with Gasteiger partial charge in [-0.05, 0) is 44.7 Å². The molecule has 0 aromatic heterocycles. The smallest absolute Gasteiger partial charge is 0.289 e. The highest BCUT2D eigenvalue weighted by atomic mass is 32.2. The molecule has 0 radical (unpaired) electrons. The maximum Gasteiger partial charge on any atom is 0.289 e. The number of rotatable bonds is 7. The third-order valence-electron chi connectivity index (χ3n) is 5.38. The average molecular weight is 575 g/mol. The Kier molecular flexibility index (Phi) is 14.3. The predicted octanol–water partition coefficient (Wildman–Crippen LogP) is 4.72. The number of nitrogens with one attached hydrogen (secondary N) is 1. The monoisotopic (exact) mass is 574 g/mol. The van der Waals surface area contributed by atoms with Crippen LogP contribution in [0.5, 0.6) is 0 Å². The number of benzene rings is 2. The maximum atomic E-state index is 11.2. The zero-order valence-electron chi connectivity index (χ0n) is 23.1. The molecule has 0 aliphatic carbocycles. The van der Waals surface area contributed by atoms with Crippen LogP contribution in [0.15, 0.2) is 78.3 Å². The van der Waals surface area contributed by atoms with Crippen LogP contribution in [0, 0.1) is 0 Å². The van der Waals surface area contributed by atoms with E-state index in [1.165, 1.54) is 11.1 Å².